The average Bonchev–Trinajstić information content (AvgIpc) is 2.52. The average molecular weight is 169 g/mol. The van der Waals surface area contributed by atoms with Gasteiger partial charge in [0.15, 0.2) is 0 Å². The van der Waals surface area contributed by atoms with Gasteiger partial charge in [-0.15, -0.1) is 0 Å². The number of aliphatic hydroxyl groups excluding tert-OH is 1. The lowest BCUT2D eigenvalue weighted by molar-refractivity contribution is 0.269. The van der Waals surface area contributed by atoms with Crippen molar-refractivity contribution in [3.05, 3.63) is 18.0 Å². The predicted octanol–water partition coefficient (Wildman–Crippen LogP) is 0.156. The summed E-state index contributed by atoms with van der Waals surface area (Å²) in [6.45, 7) is 2.77. The van der Waals surface area contributed by atoms with Gasteiger partial charge in [-0.2, -0.15) is 5.10 Å². The molecule has 1 aromatic heterocycles. The van der Waals surface area contributed by atoms with Gasteiger partial charge in [0.2, 0.25) is 0 Å². The minimum atomic E-state index is 0.134. The van der Waals surface area contributed by atoms with E-state index in [0.29, 0.717) is 12.6 Å². The molecular weight excluding hydrogens is 154 g/mol. The van der Waals surface area contributed by atoms with Crippen LogP contribution in [-0.4, -0.2) is 28.5 Å². The van der Waals surface area contributed by atoms with Gasteiger partial charge in [-0.3, -0.25) is 4.68 Å². The molecule has 0 amide bonds. The van der Waals surface area contributed by atoms with Gasteiger partial charge in [0.1, 0.15) is 0 Å². The Balaban J connectivity index is 2.63. The van der Waals surface area contributed by atoms with Crippen molar-refractivity contribution in [2.75, 3.05) is 13.7 Å². The third kappa shape index (κ3) is 2.06. The Morgan fingerprint density at radius 1 is 1.75 bits per heavy atom. The molecule has 4 heteroatoms. The summed E-state index contributed by atoms with van der Waals surface area (Å²) < 4.78 is 1.74. The zero-order valence-electron chi connectivity index (χ0n) is 7.49. The third-order valence-corrected chi connectivity index (χ3v) is 1.92. The monoisotopic (exact) mass is 169 g/mol. The third-order valence-electron chi connectivity index (χ3n) is 1.92. The topological polar surface area (TPSA) is 50.1 Å². The number of nitrogens with zero attached hydrogens (tertiary/aromatic N) is 2. The Hall–Kier alpha value is -0.870. The van der Waals surface area contributed by atoms with E-state index in [2.05, 4.69) is 17.3 Å². The summed E-state index contributed by atoms with van der Waals surface area (Å²) in [7, 11) is 1.91. The molecule has 0 saturated carbocycles. The summed E-state index contributed by atoms with van der Waals surface area (Å²) >= 11 is 0. The Morgan fingerprint density at radius 3 is 3.08 bits per heavy atom. The molecule has 0 aliphatic carbocycles. The van der Waals surface area contributed by atoms with Gasteiger partial charge in [-0.1, -0.05) is 0 Å². The van der Waals surface area contributed by atoms with E-state index in [1.54, 1.807) is 4.68 Å². The van der Waals surface area contributed by atoms with Gasteiger partial charge >= 0.3 is 0 Å². The Labute approximate surface area is 72.2 Å². The second kappa shape index (κ2) is 4.23. The van der Waals surface area contributed by atoms with Crippen molar-refractivity contribution in [1.82, 2.24) is 15.1 Å². The van der Waals surface area contributed by atoms with Crippen LogP contribution in [0.5, 0.6) is 0 Å². The lowest BCUT2D eigenvalue weighted by Gasteiger charge is -2.05. The molecule has 1 unspecified atom stereocenters. The highest BCUT2D eigenvalue weighted by molar-refractivity contribution is 5.08. The number of hydrogen-bond acceptors (Lipinski definition) is 3. The molecule has 2 N–H and O–H groups in total. The summed E-state index contributed by atoms with van der Waals surface area (Å²) in [4.78, 5) is 0. The van der Waals surface area contributed by atoms with E-state index in [-0.39, 0.29) is 6.61 Å². The van der Waals surface area contributed by atoms with Crippen LogP contribution in [0, 0.1) is 0 Å². The molecule has 1 rings (SSSR count). The number of aliphatic hydroxyl groups is 1. The van der Waals surface area contributed by atoms with E-state index in [1.807, 2.05) is 19.4 Å². The van der Waals surface area contributed by atoms with E-state index in [1.165, 1.54) is 0 Å². The van der Waals surface area contributed by atoms with E-state index in [9.17, 15) is 0 Å². The standard InChI is InChI=1S/C8H15N3O/c1-7(9-2)8-5-10-11(6-8)3-4-12/h5-7,9,12H,3-4H2,1-2H3. The van der Waals surface area contributed by atoms with E-state index in [4.69, 9.17) is 5.11 Å². The maximum Gasteiger partial charge on any atom is 0.0640 e. The maximum absolute atomic E-state index is 8.65. The zero-order valence-corrected chi connectivity index (χ0v) is 7.49. The van der Waals surface area contributed by atoms with Crippen molar-refractivity contribution in [3.63, 3.8) is 0 Å². The first-order valence-electron chi connectivity index (χ1n) is 4.08. The molecule has 0 radical (unpaired) electrons. The Bertz CT molecular complexity index is 234. The van der Waals surface area contributed by atoms with Crippen LogP contribution in [-0.2, 0) is 6.54 Å². The van der Waals surface area contributed by atoms with Crippen LogP contribution in [0.25, 0.3) is 0 Å². The maximum atomic E-state index is 8.65. The van der Waals surface area contributed by atoms with E-state index < -0.39 is 0 Å². The SMILES string of the molecule is CNC(C)c1cnn(CCO)c1. The minimum Gasteiger partial charge on any atom is -0.394 e. The predicted molar refractivity (Wildman–Crippen MR) is 46.8 cm³/mol. The quantitative estimate of drug-likeness (QED) is 0.675. The van der Waals surface area contributed by atoms with Crippen molar-refractivity contribution in [2.45, 2.75) is 19.5 Å². The van der Waals surface area contributed by atoms with E-state index >= 15 is 0 Å². The first-order valence-corrected chi connectivity index (χ1v) is 4.08. The summed E-state index contributed by atoms with van der Waals surface area (Å²) in [5.41, 5.74) is 1.14. The molecule has 0 saturated heterocycles. The minimum absolute atomic E-state index is 0.134. The van der Waals surface area contributed by atoms with E-state index in [0.717, 1.165) is 5.56 Å². The number of rotatable bonds is 4. The van der Waals surface area contributed by atoms with Crippen molar-refractivity contribution in [1.29, 1.82) is 0 Å². The van der Waals surface area contributed by atoms with Crippen LogP contribution in [0.4, 0.5) is 0 Å². The lowest BCUT2D eigenvalue weighted by atomic mass is 10.2. The molecule has 0 bridgehead atoms. The highest BCUT2D eigenvalue weighted by Gasteiger charge is 2.04. The molecule has 12 heavy (non-hydrogen) atoms. The molecule has 4 nitrogen and oxygen atoms in total. The second-order valence-corrected chi connectivity index (χ2v) is 2.77. The molecule has 0 aliphatic heterocycles. The van der Waals surface area contributed by atoms with Crippen molar-refractivity contribution < 1.29 is 5.11 Å². The molecule has 0 spiro atoms. The first kappa shape index (κ1) is 9.22. The van der Waals surface area contributed by atoms with Crippen LogP contribution in [0.3, 0.4) is 0 Å². The molecule has 0 fully saturated rings. The molecule has 0 aliphatic rings. The summed E-state index contributed by atoms with van der Waals surface area (Å²) in [6.07, 6.45) is 3.76. The Morgan fingerprint density at radius 2 is 2.50 bits per heavy atom. The second-order valence-electron chi connectivity index (χ2n) is 2.77. The fourth-order valence-corrected chi connectivity index (χ4v) is 0.995. The largest absolute Gasteiger partial charge is 0.394 e. The molecule has 1 atom stereocenters. The molecule has 1 heterocycles. The number of nitrogens with one attached hydrogen (secondary N) is 1. The van der Waals surface area contributed by atoms with Gasteiger partial charge in [0.25, 0.3) is 0 Å². The smallest absolute Gasteiger partial charge is 0.0640 e. The first-order chi connectivity index (χ1) is 5.77. The normalized spacial score (nSPS) is 13.2. The number of hydrogen-bond donors (Lipinski definition) is 2. The van der Waals surface area contributed by atoms with Crippen molar-refractivity contribution >= 4 is 0 Å². The van der Waals surface area contributed by atoms with Crippen LogP contribution in [0.2, 0.25) is 0 Å². The number of aromatic nitrogens is 2. The van der Waals surface area contributed by atoms with Crippen molar-refractivity contribution in [3.8, 4) is 0 Å². The zero-order chi connectivity index (χ0) is 8.97. The molecule has 0 aromatic carbocycles. The van der Waals surface area contributed by atoms with Gasteiger partial charge < -0.3 is 10.4 Å². The molecule has 68 valence electrons. The highest BCUT2D eigenvalue weighted by atomic mass is 16.3. The van der Waals surface area contributed by atoms with Crippen molar-refractivity contribution in [2.24, 2.45) is 0 Å². The van der Waals surface area contributed by atoms with Gasteiger partial charge in [-0.25, -0.2) is 0 Å². The fraction of sp³-hybridized carbons (Fsp3) is 0.625. The molecular formula is C8H15N3O. The van der Waals surface area contributed by atoms with Crippen LogP contribution < -0.4 is 5.32 Å². The van der Waals surface area contributed by atoms with Gasteiger partial charge in [-0.05, 0) is 14.0 Å². The fourth-order valence-electron chi connectivity index (χ4n) is 0.995. The van der Waals surface area contributed by atoms with Gasteiger partial charge in [0, 0.05) is 17.8 Å². The van der Waals surface area contributed by atoms with Crippen LogP contribution in [0.15, 0.2) is 12.4 Å². The van der Waals surface area contributed by atoms with Crippen LogP contribution >= 0.6 is 0 Å². The highest BCUT2D eigenvalue weighted by Crippen LogP contribution is 2.09. The summed E-state index contributed by atoms with van der Waals surface area (Å²) in [5.74, 6) is 0. The summed E-state index contributed by atoms with van der Waals surface area (Å²) in [5, 5.41) is 15.9. The Kier molecular flexibility index (Phi) is 3.25. The molecule has 1 aromatic rings. The lowest BCUT2D eigenvalue weighted by Crippen LogP contribution is -2.11. The van der Waals surface area contributed by atoms with Gasteiger partial charge in [0.05, 0.1) is 19.3 Å². The summed E-state index contributed by atoms with van der Waals surface area (Å²) in [6, 6.07) is 0.317. The van der Waals surface area contributed by atoms with Crippen LogP contribution in [0.1, 0.15) is 18.5 Å².